The van der Waals surface area contributed by atoms with E-state index in [0.717, 1.165) is 19.4 Å². The van der Waals surface area contributed by atoms with Crippen LogP contribution in [-0.4, -0.2) is 24.5 Å². The number of aryl methyl sites for hydroxylation is 1. The van der Waals surface area contributed by atoms with E-state index in [2.05, 4.69) is 71.6 Å². The minimum atomic E-state index is 1.10. The number of rotatable bonds is 6. The van der Waals surface area contributed by atoms with Crippen LogP contribution in [0.1, 0.15) is 30.4 Å². The molecular formula is C21H25N. The van der Waals surface area contributed by atoms with Crippen molar-refractivity contribution in [2.24, 2.45) is 0 Å². The lowest BCUT2D eigenvalue weighted by Crippen LogP contribution is -2.19. The smallest absolute Gasteiger partial charge is 0.0169 e. The Morgan fingerprint density at radius 1 is 0.864 bits per heavy atom. The Hall–Kier alpha value is -1.86. The molecule has 3 rings (SSSR count). The fourth-order valence-electron chi connectivity index (χ4n) is 3.14. The summed E-state index contributed by atoms with van der Waals surface area (Å²) in [6.45, 7) is 3.62. The van der Waals surface area contributed by atoms with E-state index in [1.807, 2.05) is 0 Å². The SMILES string of the molecule is C(/CN1CCCC1)=C(\CCc1ccccc1)c1ccccc1. The molecule has 22 heavy (non-hydrogen) atoms. The largest absolute Gasteiger partial charge is 0.300 e. The highest BCUT2D eigenvalue weighted by atomic mass is 15.1. The molecule has 0 atom stereocenters. The first-order valence-electron chi connectivity index (χ1n) is 8.42. The fourth-order valence-corrected chi connectivity index (χ4v) is 3.14. The summed E-state index contributed by atoms with van der Waals surface area (Å²) in [5.41, 5.74) is 4.28. The number of allylic oxidation sites excluding steroid dienone is 1. The maximum absolute atomic E-state index is 2.56. The zero-order chi connectivity index (χ0) is 15.0. The van der Waals surface area contributed by atoms with Crippen LogP contribution in [0, 0.1) is 0 Å². The van der Waals surface area contributed by atoms with E-state index in [1.54, 1.807) is 0 Å². The highest BCUT2D eigenvalue weighted by molar-refractivity contribution is 5.65. The van der Waals surface area contributed by atoms with Gasteiger partial charge < -0.3 is 0 Å². The summed E-state index contributed by atoms with van der Waals surface area (Å²) in [4.78, 5) is 2.56. The average Bonchev–Trinajstić information content (AvgIpc) is 3.10. The lowest BCUT2D eigenvalue weighted by atomic mass is 9.98. The van der Waals surface area contributed by atoms with Gasteiger partial charge in [-0.3, -0.25) is 4.90 Å². The molecule has 0 amide bonds. The molecule has 1 aliphatic heterocycles. The molecular weight excluding hydrogens is 266 g/mol. The first-order chi connectivity index (χ1) is 10.9. The molecule has 2 aromatic rings. The van der Waals surface area contributed by atoms with Crippen LogP contribution < -0.4 is 0 Å². The molecule has 0 saturated carbocycles. The fraction of sp³-hybridized carbons (Fsp3) is 0.333. The molecule has 0 aromatic heterocycles. The Balaban J connectivity index is 1.69. The third-order valence-corrected chi connectivity index (χ3v) is 4.46. The molecule has 2 aromatic carbocycles. The zero-order valence-corrected chi connectivity index (χ0v) is 13.2. The predicted molar refractivity (Wildman–Crippen MR) is 94.9 cm³/mol. The number of nitrogens with zero attached hydrogens (tertiary/aromatic N) is 1. The second kappa shape index (κ2) is 7.95. The molecule has 1 nitrogen and oxygen atoms in total. The van der Waals surface area contributed by atoms with Crippen molar-refractivity contribution in [3.63, 3.8) is 0 Å². The number of likely N-dealkylation sites (tertiary alicyclic amines) is 1. The van der Waals surface area contributed by atoms with Crippen molar-refractivity contribution in [3.8, 4) is 0 Å². The van der Waals surface area contributed by atoms with Gasteiger partial charge in [0.15, 0.2) is 0 Å². The van der Waals surface area contributed by atoms with Crippen molar-refractivity contribution in [3.05, 3.63) is 77.9 Å². The maximum Gasteiger partial charge on any atom is 0.0169 e. The topological polar surface area (TPSA) is 3.24 Å². The van der Waals surface area contributed by atoms with Gasteiger partial charge in [0.25, 0.3) is 0 Å². The summed E-state index contributed by atoms with van der Waals surface area (Å²) < 4.78 is 0. The van der Waals surface area contributed by atoms with Crippen molar-refractivity contribution in [2.75, 3.05) is 19.6 Å². The molecule has 1 saturated heterocycles. The van der Waals surface area contributed by atoms with Crippen LogP contribution in [0.25, 0.3) is 5.57 Å². The van der Waals surface area contributed by atoms with Crippen molar-refractivity contribution < 1.29 is 0 Å². The van der Waals surface area contributed by atoms with E-state index in [1.165, 1.54) is 42.6 Å². The molecule has 0 radical (unpaired) electrons. The lowest BCUT2D eigenvalue weighted by Gasteiger charge is -2.14. The Bertz CT molecular complexity index is 580. The lowest BCUT2D eigenvalue weighted by molar-refractivity contribution is 0.377. The van der Waals surface area contributed by atoms with Crippen LogP contribution in [-0.2, 0) is 6.42 Å². The predicted octanol–water partition coefficient (Wildman–Crippen LogP) is 4.80. The van der Waals surface area contributed by atoms with Gasteiger partial charge in [-0.25, -0.2) is 0 Å². The Kier molecular flexibility index (Phi) is 5.44. The van der Waals surface area contributed by atoms with Gasteiger partial charge in [0.05, 0.1) is 0 Å². The van der Waals surface area contributed by atoms with Crippen LogP contribution in [0.5, 0.6) is 0 Å². The van der Waals surface area contributed by atoms with Gasteiger partial charge in [0.2, 0.25) is 0 Å². The summed E-state index contributed by atoms with van der Waals surface area (Å²) in [6, 6.07) is 21.7. The average molecular weight is 291 g/mol. The first-order valence-corrected chi connectivity index (χ1v) is 8.42. The molecule has 1 heteroatoms. The van der Waals surface area contributed by atoms with Crippen molar-refractivity contribution in [1.82, 2.24) is 4.90 Å². The Labute approximate surface area is 134 Å². The normalized spacial score (nSPS) is 16.1. The molecule has 1 heterocycles. The van der Waals surface area contributed by atoms with Crippen molar-refractivity contribution >= 4 is 5.57 Å². The molecule has 0 unspecified atom stereocenters. The number of benzene rings is 2. The monoisotopic (exact) mass is 291 g/mol. The van der Waals surface area contributed by atoms with E-state index < -0.39 is 0 Å². The Morgan fingerprint density at radius 2 is 1.50 bits per heavy atom. The third kappa shape index (κ3) is 4.32. The summed E-state index contributed by atoms with van der Waals surface area (Å²) in [6.07, 6.45) is 7.39. The second-order valence-electron chi connectivity index (χ2n) is 6.09. The van der Waals surface area contributed by atoms with Gasteiger partial charge in [0.1, 0.15) is 0 Å². The zero-order valence-electron chi connectivity index (χ0n) is 13.2. The first kappa shape index (κ1) is 15.1. The van der Waals surface area contributed by atoms with Gasteiger partial charge in [-0.15, -0.1) is 0 Å². The molecule has 114 valence electrons. The van der Waals surface area contributed by atoms with Gasteiger partial charge in [-0.05, 0) is 55.5 Å². The molecule has 0 N–H and O–H groups in total. The van der Waals surface area contributed by atoms with Crippen LogP contribution in [0.3, 0.4) is 0 Å². The third-order valence-electron chi connectivity index (χ3n) is 4.46. The molecule has 1 fully saturated rings. The van der Waals surface area contributed by atoms with Crippen molar-refractivity contribution in [1.29, 1.82) is 0 Å². The quantitative estimate of drug-likeness (QED) is 0.739. The summed E-state index contributed by atoms with van der Waals surface area (Å²) in [5, 5.41) is 0. The van der Waals surface area contributed by atoms with Gasteiger partial charge >= 0.3 is 0 Å². The Morgan fingerprint density at radius 3 is 2.18 bits per heavy atom. The van der Waals surface area contributed by atoms with Crippen LogP contribution in [0.15, 0.2) is 66.7 Å². The van der Waals surface area contributed by atoms with E-state index in [9.17, 15) is 0 Å². The van der Waals surface area contributed by atoms with E-state index in [-0.39, 0.29) is 0 Å². The van der Waals surface area contributed by atoms with E-state index in [4.69, 9.17) is 0 Å². The van der Waals surface area contributed by atoms with Gasteiger partial charge in [-0.1, -0.05) is 66.7 Å². The second-order valence-corrected chi connectivity index (χ2v) is 6.09. The minimum Gasteiger partial charge on any atom is -0.300 e. The molecule has 0 aliphatic carbocycles. The molecule has 0 bridgehead atoms. The maximum atomic E-state index is 2.56. The van der Waals surface area contributed by atoms with Gasteiger partial charge in [0, 0.05) is 6.54 Å². The minimum absolute atomic E-state index is 1.10. The summed E-state index contributed by atoms with van der Waals surface area (Å²) in [5.74, 6) is 0. The highest BCUT2D eigenvalue weighted by Crippen LogP contribution is 2.21. The van der Waals surface area contributed by atoms with Gasteiger partial charge in [-0.2, -0.15) is 0 Å². The molecule has 1 aliphatic rings. The number of hydrogen-bond donors (Lipinski definition) is 0. The van der Waals surface area contributed by atoms with E-state index >= 15 is 0 Å². The highest BCUT2D eigenvalue weighted by Gasteiger charge is 2.10. The standard InChI is InChI=1S/C21H25N/c1-3-9-19(10-4-1)13-14-21(20-11-5-2-6-12-20)15-18-22-16-7-8-17-22/h1-6,9-12,15H,7-8,13-14,16-18H2/b21-15-. The van der Waals surface area contributed by atoms with Crippen molar-refractivity contribution in [2.45, 2.75) is 25.7 Å². The summed E-state index contributed by atoms with van der Waals surface area (Å²) >= 11 is 0. The molecule has 0 spiro atoms. The summed E-state index contributed by atoms with van der Waals surface area (Å²) in [7, 11) is 0. The number of hydrogen-bond acceptors (Lipinski definition) is 1. The van der Waals surface area contributed by atoms with Crippen LogP contribution >= 0.6 is 0 Å². The van der Waals surface area contributed by atoms with Crippen LogP contribution in [0.2, 0.25) is 0 Å². The van der Waals surface area contributed by atoms with Crippen LogP contribution in [0.4, 0.5) is 0 Å². The van der Waals surface area contributed by atoms with E-state index in [0.29, 0.717) is 0 Å².